The van der Waals surface area contributed by atoms with E-state index in [9.17, 15) is 14.4 Å². The van der Waals surface area contributed by atoms with E-state index < -0.39 is 18.1 Å². The summed E-state index contributed by atoms with van der Waals surface area (Å²) < 4.78 is 34.7. The van der Waals surface area contributed by atoms with Crippen molar-refractivity contribution >= 4 is 40.3 Å². The molecule has 1 aromatic heterocycles. The van der Waals surface area contributed by atoms with Gasteiger partial charge in [0.25, 0.3) is 11.8 Å². The van der Waals surface area contributed by atoms with Crippen molar-refractivity contribution < 1.29 is 42.5 Å². The van der Waals surface area contributed by atoms with Gasteiger partial charge < -0.3 is 43.6 Å². The van der Waals surface area contributed by atoms with E-state index in [1.807, 2.05) is 12.1 Å². The maximum atomic E-state index is 13.7. The second kappa shape index (κ2) is 14.3. The molecule has 252 valence electrons. The van der Waals surface area contributed by atoms with Crippen LogP contribution in [0.3, 0.4) is 0 Å². The van der Waals surface area contributed by atoms with Crippen molar-refractivity contribution in [2.45, 2.75) is 38.0 Å². The molecule has 4 bridgehead atoms. The molecule has 1 fully saturated rings. The molecule has 3 aromatic carbocycles. The molecule has 3 aliphatic heterocycles. The molecule has 48 heavy (non-hydrogen) atoms. The molecular weight excluding hydrogens is 642 g/mol. The SMILES string of the molecule is COc1cc2ccc1CNC(=O)CCc1ccc(OC)c(c1)OCC(=O)N[C@@H]1CN(C(=O)c3cc4cc(Cl)cc(OC)c4o3)CC[C@@H]1O2. The summed E-state index contributed by atoms with van der Waals surface area (Å²) >= 11 is 6.23. The summed E-state index contributed by atoms with van der Waals surface area (Å²) in [4.78, 5) is 41.4. The van der Waals surface area contributed by atoms with Crippen molar-refractivity contribution in [1.29, 1.82) is 0 Å². The summed E-state index contributed by atoms with van der Waals surface area (Å²) in [6.45, 7) is 0.444. The minimum atomic E-state index is -0.604. The zero-order valence-electron chi connectivity index (χ0n) is 26.8. The minimum absolute atomic E-state index is 0.120. The van der Waals surface area contributed by atoms with Crippen LogP contribution in [0.25, 0.3) is 11.0 Å². The number of nitrogens with one attached hydrogen (secondary N) is 2. The van der Waals surface area contributed by atoms with Gasteiger partial charge in [0.05, 0.1) is 27.4 Å². The first-order chi connectivity index (χ1) is 23.2. The highest BCUT2D eigenvalue weighted by atomic mass is 35.5. The molecule has 13 heteroatoms. The Labute approximate surface area is 282 Å². The number of fused-ring (bicyclic) bond motifs is 10. The van der Waals surface area contributed by atoms with Gasteiger partial charge in [-0.1, -0.05) is 17.7 Å². The van der Waals surface area contributed by atoms with Crippen LogP contribution in [0.5, 0.6) is 28.7 Å². The van der Waals surface area contributed by atoms with E-state index in [1.54, 1.807) is 54.5 Å². The molecule has 1 saturated heterocycles. The Morgan fingerprint density at radius 2 is 1.73 bits per heavy atom. The molecule has 2 N–H and O–H groups in total. The zero-order chi connectivity index (χ0) is 33.8. The summed E-state index contributed by atoms with van der Waals surface area (Å²) in [7, 11) is 4.57. The number of ether oxygens (including phenoxy) is 5. The summed E-state index contributed by atoms with van der Waals surface area (Å²) in [5.74, 6) is 1.55. The Hall–Kier alpha value is -5.10. The van der Waals surface area contributed by atoms with Crippen LogP contribution in [0.2, 0.25) is 5.02 Å². The van der Waals surface area contributed by atoms with Crippen LogP contribution in [0.4, 0.5) is 0 Å². The number of carbonyl (C=O) groups is 3. The fourth-order valence-corrected chi connectivity index (χ4v) is 6.15. The highest BCUT2D eigenvalue weighted by Gasteiger charge is 2.36. The van der Waals surface area contributed by atoms with Gasteiger partial charge in [-0.05, 0) is 48.4 Å². The van der Waals surface area contributed by atoms with Crippen LogP contribution >= 0.6 is 11.6 Å². The molecule has 0 saturated carbocycles. The Morgan fingerprint density at radius 3 is 2.52 bits per heavy atom. The highest BCUT2D eigenvalue weighted by molar-refractivity contribution is 6.31. The molecule has 2 atom stereocenters. The van der Waals surface area contributed by atoms with E-state index >= 15 is 0 Å². The molecule has 4 heterocycles. The fraction of sp³-hybridized carbons (Fsp3) is 0.343. The number of rotatable bonds is 4. The average molecular weight is 678 g/mol. The van der Waals surface area contributed by atoms with Gasteiger partial charge in [0.15, 0.2) is 35.2 Å². The van der Waals surface area contributed by atoms with Crippen molar-refractivity contribution in [2.75, 3.05) is 41.0 Å². The lowest BCUT2D eigenvalue weighted by Crippen LogP contribution is -2.58. The van der Waals surface area contributed by atoms with Gasteiger partial charge >= 0.3 is 0 Å². The van der Waals surface area contributed by atoms with Gasteiger partial charge in [-0.3, -0.25) is 14.4 Å². The van der Waals surface area contributed by atoms with Gasteiger partial charge in [-0.15, -0.1) is 0 Å². The van der Waals surface area contributed by atoms with E-state index in [0.29, 0.717) is 64.1 Å². The number of methoxy groups -OCH3 is 3. The Bertz CT molecular complexity index is 1840. The summed E-state index contributed by atoms with van der Waals surface area (Å²) in [5.41, 5.74) is 2.05. The van der Waals surface area contributed by atoms with Gasteiger partial charge in [-0.2, -0.15) is 0 Å². The lowest BCUT2D eigenvalue weighted by Gasteiger charge is -2.38. The quantitative estimate of drug-likeness (QED) is 0.319. The molecule has 4 aromatic rings. The van der Waals surface area contributed by atoms with Crippen LogP contribution in [-0.4, -0.2) is 75.8 Å². The van der Waals surface area contributed by atoms with Gasteiger partial charge in [0, 0.05) is 60.6 Å². The van der Waals surface area contributed by atoms with E-state index in [-0.39, 0.29) is 43.7 Å². The summed E-state index contributed by atoms with van der Waals surface area (Å²) in [6, 6.07) is 15.1. The molecule has 7 rings (SSSR count). The first kappa shape index (κ1) is 32.8. The number of likely N-dealkylation sites (tertiary alicyclic amines) is 1. The first-order valence-corrected chi connectivity index (χ1v) is 15.9. The van der Waals surface area contributed by atoms with Gasteiger partial charge in [-0.25, -0.2) is 0 Å². The molecular formula is C35H36ClN3O9. The summed E-state index contributed by atoms with van der Waals surface area (Å²) in [6.07, 6.45) is 0.621. The second-order valence-electron chi connectivity index (χ2n) is 11.5. The number of carbonyl (C=O) groups excluding carboxylic acids is 3. The Balaban J connectivity index is 1.28. The van der Waals surface area contributed by atoms with Crippen LogP contribution in [0.1, 0.15) is 34.5 Å². The molecule has 12 nitrogen and oxygen atoms in total. The number of furan rings is 1. The average Bonchev–Trinajstić information content (AvgIpc) is 3.52. The smallest absolute Gasteiger partial charge is 0.289 e. The third-order valence-corrected chi connectivity index (χ3v) is 8.63. The van der Waals surface area contributed by atoms with Crippen LogP contribution in [0.15, 0.2) is 59.0 Å². The Morgan fingerprint density at radius 1 is 0.917 bits per heavy atom. The number of benzene rings is 3. The van der Waals surface area contributed by atoms with Crippen molar-refractivity contribution in [3.63, 3.8) is 0 Å². The van der Waals surface area contributed by atoms with E-state index in [0.717, 1.165) is 11.1 Å². The van der Waals surface area contributed by atoms with Crippen LogP contribution in [-0.2, 0) is 22.6 Å². The molecule has 3 amide bonds. The lowest BCUT2D eigenvalue weighted by atomic mass is 10.0. The largest absolute Gasteiger partial charge is 0.496 e. The first-order valence-electron chi connectivity index (χ1n) is 15.5. The van der Waals surface area contributed by atoms with E-state index in [4.69, 9.17) is 39.7 Å². The standard InChI is InChI=1S/C35H36ClN3O9/c1-43-27-8-4-20-5-9-32(40)37-17-21-6-7-24(16-28(21)44-2)47-26-10-11-39(18-25(26)38-33(41)19-46-29(27)12-20)35(42)31-14-22-13-23(36)15-30(45-3)34(22)48-31/h4,6-8,12-16,25-26H,5,9-11,17-19H2,1-3H3,(H,37,40)(H,38,41)/t25-,26+/m1/s1. The number of hydrogen-bond acceptors (Lipinski definition) is 9. The number of amides is 3. The molecule has 0 unspecified atom stereocenters. The monoisotopic (exact) mass is 677 g/mol. The van der Waals surface area contributed by atoms with Crippen molar-refractivity contribution in [3.05, 3.63) is 76.5 Å². The Kier molecular flexibility index (Phi) is 9.81. The lowest BCUT2D eigenvalue weighted by molar-refractivity contribution is -0.125. The van der Waals surface area contributed by atoms with Crippen LogP contribution < -0.4 is 34.3 Å². The van der Waals surface area contributed by atoms with E-state index in [2.05, 4.69) is 10.6 Å². The predicted molar refractivity (Wildman–Crippen MR) is 176 cm³/mol. The number of aryl methyl sites for hydroxylation is 1. The second-order valence-corrected chi connectivity index (χ2v) is 12.0. The maximum absolute atomic E-state index is 13.7. The van der Waals surface area contributed by atoms with Crippen molar-refractivity contribution in [2.24, 2.45) is 0 Å². The minimum Gasteiger partial charge on any atom is -0.496 e. The number of hydrogen-bond donors (Lipinski definition) is 2. The van der Waals surface area contributed by atoms with E-state index in [1.165, 1.54) is 14.2 Å². The number of piperidine rings is 1. The maximum Gasteiger partial charge on any atom is 0.289 e. The van der Waals surface area contributed by atoms with Crippen molar-refractivity contribution in [1.82, 2.24) is 15.5 Å². The van der Waals surface area contributed by atoms with Gasteiger partial charge in [0.2, 0.25) is 5.91 Å². The number of nitrogens with zero attached hydrogens (tertiary/aromatic N) is 1. The third kappa shape index (κ3) is 7.23. The zero-order valence-corrected chi connectivity index (χ0v) is 27.6. The van der Waals surface area contributed by atoms with Crippen LogP contribution in [0, 0.1) is 0 Å². The van der Waals surface area contributed by atoms with Crippen molar-refractivity contribution in [3.8, 4) is 28.7 Å². The topological polar surface area (TPSA) is 138 Å². The number of halogens is 1. The molecule has 0 radical (unpaired) electrons. The predicted octanol–water partition coefficient (Wildman–Crippen LogP) is 4.53. The fourth-order valence-electron chi connectivity index (χ4n) is 5.93. The molecule has 0 aliphatic carbocycles. The molecule has 0 spiro atoms. The highest BCUT2D eigenvalue weighted by Crippen LogP contribution is 2.34. The normalized spacial score (nSPS) is 18.6. The van der Waals surface area contributed by atoms with Gasteiger partial charge in [0.1, 0.15) is 17.6 Å². The summed E-state index contributed by atoms with van der Waals surface area (Å²) in [5, 5.41) is 7.05. The molecule has 3 aliphatic rings. The third-order valence-electron chi connectivity index (χ3n) is 8.41.